The molecule has 1 amide bonds. The maximum atomic E-state index is 12.0. The molecule has 0 aliphatic rings. The molecular weight excluding hydrogens is 294 g/mol. The molecule has 0 heterocycles. The van der Waals surface area contributed by atoms with Crippen LogP contribution >= 0.6 is 15.9 Å². The Kier molecular flexibility index (Phi) is 5.82. The molecule has 0 fully saturated rings. The second kappa shape index (κ2) is 6.90. The van der Waals surface area contributed by atoms with Gasteiger partial charge in [-0.3, -0.25) is 4.79 Å². The summed E-state index contributed by atoms with van der Waals surface area (Å²) in [5, 5.41) is 12.4. The second-order valence-electron chi connectivity index (χ2n) is 4.50. The average molecular weight is 314 g/mol. The first-order chi connectivity index (χ1) is 8.55. The molecule has 0 atom stereocenters. The van der Waals surface area contributed by atoms with Crippen molar-refractivity contribution in [2.24, 2.45) is 0 Å². The first-order valence-electron chi connectivity index (χ1n) is 6.21. The van der Waals surface area contributed by atoms with E-state index in [1.807, 2.05) is 38.1 Å². The summed E-state index contributed by atoms with van der Waals surface area (Å²) < 4.78 is 0.965. The lowest BCUT2D eigenvalue weighted by atomic mass is 9.93. The monoisotopic (exact) mass is 313 g/mol. The number of nitrogens with one attached hydrogen (secondary N) is 1. The molecule has 0 saturated carbocycles. The van der Waals surface area contributed by atoms with Crippen molar-refractivity contribution < 1.29 is 9.90 Å². The molecule has 100 valence electrons. The lowest BCUT2D eigenvalue weighted by Gasteiger charge is -2.30. The first kappa shape index (κ1) is 15.2. The van der Waals surface area contributed by atoms with Crippen LogP contribution in [0, 0.1) is 0 Å². The fraction of sp³-hybridized carbons (Fsp3) is 0.500. The largest absolute Gasteiger partial charge is 0.394 e. The quantitative estimate of drug-likeness (QED) is 0.848. The van der Waals surface area contributed by atoms with Crippen molar-refractivity contribution in [3.63, 3.8) is 0 Å². The van der Waals surface area contributed by atoms with Crippen LogP contribution in [0.1, 0.15) is 32.3 Å². The summed E-state index contributed by atoms with van der Waals surface area (Å²) in [4.78, 5) is 12.0. The van der Waals surface area contributed by atoms with Gasteiger partial charge in [-0.2, -0.15) is 0 Å². The first-order valence-corrected chi connectivity index (χ1v) is 7.01. The number of rotatable bonds is 6. The average Bonchev–Trinajstić information content (AvgIpc) is 2.36. The Bertz CT molecular complexity index is 394. The van der Waals surface area contributed by atoms with Crippen molar-refractivity contribution in [1.29, 1.82) is 0 Å². The van der Waals surface area contributed by atoms with Crippen molar-refractivity contribution >= 4 is 21.8 Å². The van der Waals surface area contributed by atoms with E-state index in [0.29, 0.717) is 6.42 Å². The number of hydrogen-bond donors (Lipinski definition) is 2. The second-order valence-corrected chi connectivity index (χ2v) is 5.42. The SMILES string of the molecule is CCC(CC)(CO)NC(=O)Cc1cccc(Br)c1. The Labute approximate surface area is 117 Å². The summed E-state index contributed by atoms with van der Waals surface area (Å²) in [6.07, 6.45) is 1.79. The molecule has 0 aromatic heterocycles. The number of aliphatic hydroxyl groups excluding tert-OH is 1. The molecule has 1 aromatic rings. The van der Waals surface area contributed by atoms with Gasteiger partial charge < -0.3 is 10.4 Å². The minimum absolute atomic E-state index is 0.0236. The molecule has 0 radical (unpaired) electrons. The third kappa shape index (κ3) is 4.10. The molecule has 0 aliphatic carbocycles. The lowest BCUT2D eigenvalue weighted by molar-refractivity contribution is -0.123. The van der Waals surface area contributed by atoms with Crippen LogP contribution in [0.4, 0.5) is 0 Å². The molecular formula is C14H20BrNO2. The van der Waals surface area contributed by atoms with Gasteiger partial charge in [-0.05, 0) is 30.5 Å². The number of amides is 1. The zero-order valence-electron chi connectivity index (χ0n) is 10.9. The summed E-state index contributed by atoms with van der Waals surface area (Å²) in [5.74, 6) is -0.0501. The number of carbonyl (C=O) groups excluding carboxylic acids is 1. The van der Waals surface area contributed by atoms with Crippen molar-refractivity contribution in [3.8, 4) is 0 Å². The molecule has 4 heteroatoms. The summed E-state index contributed by atoms with van der Waals surface area (Å²) in [6, 6.07) is 7.68. The summed E-state index contributed by atoms with van der Waals surface area (Å²) in [6.45, 7) is 3.92. The van der Waals surface area contributed by atoms with E-state index in [-0.39, 0.29) is 12.5 Å². The standard InChI is InChI=1S/C14H20BrNO2/c1-3-14(4-2,10-17)16-13(18)9-11-6-5-7-12(15)8-11/h5-8,17H,3-4,9-10H2,1-2H3,(H,16,18). The third-order valence-electron chi connectivity index (χ3n) is 3.31. The van der Waals surface area contributed by atoms with Gasteiger partial charge in [0.25, 0.3) is 0 Å². The number of benzene rings is 1. The predicted octanol–water partition coefficient (Wildman–Crippen LogP) is 2.66. The number of halogens is 1. The predicted molar refractivity (Wildman–Crippen MR) is 76.4 cm³/mol. The van der Waals surface area contributed by atoms with Crippen LogP contribution in [-0.2, 0) is 11.2 Å². The Hall–Kier alpha value is -0.870. The van der Waals surface area contributed by atoms with Gasteiger partial charge in [0.05, 0.1) is 18.6 Å². The molecule has 0 spiro atoms. The Morgan fingerprint density at radius 2 is 2.06 bits per heavy atom. The summed E-state index contributed by atoms with van der Waals surface area (Å²) >= 11 is 3.38. The smallest absolute Gasteiger partial charge is 0.224 e. The van der Waals surface area contributed by atoms with Gasteiger partial charge in [0.1, 0.15) is 0 Å². The summed E-state index contributed by atoms with van der Waals surface area (Å²) in [5.41, 5.74) is 0.476. The molecule has 1 rings (SSSR count). The highest BCUT2D eigenvalue weighted by Gasteiger charge is 2.26. The Morgan fingerprint density at radius 3 is 2.56 bits per heavy atom. The van der Waals surface area contributed by atoms with Crippen molar-refractivity contribution in [2.45, 2.75) is 38.6 Å². The highest BCUT2D eigenvalue weighted by Crippen LogP contribution is 2.16. The third-order valence-corrected chi connectivity index (χ3v) is 3.81. The van der Waals surface area contributed by atoms with Gasteiger partial charge in [0.2, 0.25) is 5.91 Å². The maximum absolute atomic E-state index is 12.0. The van der Waals surface area contributed by atoms with Gasteiger partial charge in [-0.25, -0.2) is 0 Å². The Morgan fingerprint density at radius 1 is 1.39 bits per heavy atom. The van der Waals surface area contributed by atoms with E-state index < -0.39 is 5.54 Å². The van der Waals surface area contributed by atoms with E-state index in [1.54, 1.807) is 0 Å². The highest BCUT2D eigenvalue weighted by molar-refractivity contribution is 9.10. The normalized spacial score (nSPS) is 11.3. The van der Waals surface area contributed by atoms with Crippen LogP contribution in [0.25, 0.3) is 0 Å². The maximum Gasteiger partial charge on any atom is 0.224 e. The lowest BCUT2D eigenvalue weighted by Crippen LogP contribution is -2.51. The molecule has 3 nitrogen and oxygen atoms in total. The highest BCUT2D eigenvalue weighted by atomic mass is 79.9. The van der Waals surface area contributed by atoms with E-state index in [4.69, 9.17) is 0 Å². The van der Waals surface area contributed by atoms with E-state index in [9.17, 15) is 9.90 Å². The van der Waals surface area contributed by atoms with Crippen LogP contribution < -0.4 is 5.32 Å². The zero-order chi connectivity index (χ0) is 13.6. The fourth-order valence-electron chi connectivity index (χ4n) is 1.86. The van der Waals surface area contributed by atoms with Crippen LogP contribution in [0.15, 0.2) is 28.7 Å². The molecule has 1 aromatic carbocycles. The molecule has 0 saturated heterocycles. The topological polar surface area (TPSA) is 49.3 Å². The number of hydrogen-bond acceptors (Lipinski definition) is 2. The van der Waals surface area contributed by atoms with E-state index in [1.165, 1.54) is 0 Å². The molecule has 0 bridgehead atoms. The van der Waals surface area contributed by atoms with E-state index >= 15 is 0 Å². The zero-order valence-corrected chi connectivity index (χ0v) is 12.5. The Balaban J connectivity index is 2.66. The van der Waals surface area contributed by atoms with E-state index in [0.717, 1.165) is 22.9 Å². The van der Waals surface area contributed by atoms with Crippen molar-refractivity contribution in [3.05, 3.63) is 34.3 Å². The van der Waals surface area contributed by atoms with Crippen LogP contribution in [0.2, 0.25) is 0 Å². The van der Waals surface area contributed by atoms with Crippen LogP contribution in [-0.4, -0.2) is 23.2 Å². The minimum atomic E-state index is -0.483. The number of carbonyl (C=O) groups is 1. The molecule has 0 unspecified atom stereocenters. The van der Waals surface area contributed by atoms with Crippen molar-refractivity contribution in [1.82, 2.24) is 5.32 Å². The van der Waals surface area contributed by atoms with Gasteiger partial charge in [-0.15, -0.1) is 0 Å². The van der Waals surface area contributed by atoms with Gasteiger partial charge in [0.15, 0.2) is 0 Å². The molecule has 2 N–H and O–H groups in total. The van der Waals surface area contributed by atoms with Gasteiger partial charge in [-0.1, -0.05) is 41.9 Å². The number of aliphatic hydroxyl groups is 1. The van der Waals surface area contributed by atoms with Crippen LogP contribution in [0.3, 0.4) is 0 Å². The van der Waals surface area contributed by atoms with E-state index in [2.05, 4.69) is 21.2 Å². The van der Waals surface area contributed by atoms with Gasteiger partial charge >= 0.3 is 0 Å². The fourth-order valence-corrected chi connectivity index (χ4v) is 2.31. The summed E-state index contributed by atoms with van der Waals surface area (Å²) in [7, 11) is 0. The van der Waals surface area contributed by atoms with Crippen molar-refractivity contribution in [2.75, 3.05) is 6.61 Å². The molecule has 0 aliphatic heterocycles. The van der Waals surface area contributed by atoms with Crippen LogP contribution in [0.5, 0.6) is 0 Å². The molecule has 18 heavy (non-hydrogen) atoms. The van der Waals surface area contributed by atoms with Gasteiger partial charge in [0, 0.05) is 4.47 Å². The minimum Gasteiger partial charge on any atom is -0.394 e.